The van der Waals surface area contributed by atoms with E-state index in [9.17, 15) is 4.79 Å². The first-order valence-corrected chi connectivity index (χ1v) is 10.0. The highest BCUT2D eigenvalue weighted by atomic mass is 127. The topological polar surface area (TPSA) is 86.8 Å². The minimum atomic E-state index is -0.114. The molecule has 1 aliphatic heterocycles. The summed E-state index contributed by atoms with van der Waals surface area (Å²) in [5, 5.41) is 5.89. The van der Waals surface area contributed by atoms with Crippen LogP contribution in [0.3, 0.4) is 0 Å². The van der Waals surface area contributed by atoms with E-state index in [1.54, 1.807) is 23.5 Å². The van der Waals surface area contributed by atoms with Crippen LogP contribution in [0.1, 0.15) is 10.4 Å². The van der Waals surface area contributed by atoms with Crippen molar-refractivity contribution in [3.05, 3.63) is 45.9 Å². The molecule has 1 amide bonds. The van der Waals surface area contributed by atoms with Gasteiger partial charge in [-0.2, -0.15) is 0 Å². The Morgan fingerprint density at radius 1 is 1.33 bits per heavy atom. The number of rotatable bonds is 5. The van der Waals surface area contributed by atoms with E-state index in [4.69, 9.17) is 5.73 Å². The van der Waals surface area contributed by atoms with Crippen molar-refractivity contribution in [3.8, 4) is 0 Å². The van der Waals surface area contributed by atoms with Gasteiger partial charge in [-0.1, -0.05) is 22.0 Å². The SMILES string of the molecule is I.NC(=NCCNC(=O)c1cccc(Br)c1)N1CCN(c2nccs2)CC1. The van der Waals surface area contributed by atoms with E-state index in [0.29, 0.717) is 24.6 Å². The second-order valence-electron chi connectivity index (χ2n) is 5.79. The number of nitrogens with two attached hydrogens (primary N) is 1. The van der Waals surface area contributed by atoms with Gasteiger partial charge in [-0.05, 0) is 18.2 Å². The molecule has 0 bridgehead atoms. The Labute approximate surface area is 188 Å². The molecule has 0 unspecified atom stereocenters. The summed E-state index contributed by atoms with van der Waals surface area (Å²) >= 11 is 5.01. The fourth-order valence-electron chi connectivity index (χ4n) is 2.67. The molecule has 0 atom stereocenters. The Balaban J connectivity index is 0.00000261. The van der Waals surface area contributed by atoms with Gasteiger partial charge in [0.1, 0.15) is 0 Å². The number of halogens is 2. The predicted octanol–water partition coefficient (Wildman–Crippen LogP) is 2.39. The summed E-state index contributed by atoms with van der Waals surface area (Å²) in [6.45, 7) is 4.30. The summed E-state index contributed by atoms with van der Waals surface area (Å²) in [5.41, 5.74) is 6.71. The summed E-state index contributed by atoms with van der Waals surface area (Å²) in [4.78, 5) is 25.1. The van der Waals surface area contributed by atoms with Gasteiger partial charge in [0.05, 0.1) is 6.54 Å². The Morgan fingerprint density at radius 3 is 2.78 bits per heavy atom. The van der Waals surface area contributed by atoms with Gasteiger partial charge in [0, 0.05) is 54.3 Å². The van der Waals surface area contributed by atoms with Gasteiger partial charge in [-0.15, -0.1) is 35.3 Å². The number of piperazine rings is 1. The van der Waals surface area contributed by atoms with E-state index >= 15 is 0 Å². The van der Waals surface area contributed by atoms with Crippen molar-refractivity contribution in [2.24, 2.45) is 10.7 Å². The van der Waals surface area contributed by atoms with E-state index in [2.05, 4.69) is 41.0 Å². The lowest BCUT2D eigenvalue weighted by Gasteiger charge is -2.35. The van der Waals surface area contributed by atoms with Crippen LogP contribution in [0.4, 0.5) is 5.13 Å². The highest BCUT2D eigenvalue weighted by molar-refractivity contribution is 14.0. The molecule has 146 valence electrons. The third-order valence-electron chi connectivity index (χ3n) is 4.05. The summed E-state index contributed by atoms with van der Waals surface area (Å²) < 4.78 is 0.879. The lowest BCUT2D eigenvalue weighted by molar-refractivity contribution is 0.0954. The third-order valence-corrected chi connectivity index (χ3v) is 5.38. The molecule has 2 heterocycles. The quantitative estimate of drug-likeness (QED) is 0.252. The Bertz CT molecular complexity index is 765. The average Bonchev–Trinajstić information content (AvgIpc) is 3.20. The lowest BCUT2D eigenvalue weighted by Crippen LogP contribution is -2.51. The molecule has 3 rings (SSSR count). The smallest absolute Gasteiger partial charge is 0.251 e. The van der Waals surface area contributed by atoms with Crippen LogP contribution in [-0.2, 0) is 0 Å². The maximum absolute atomic E-state index is 12.1. The lowest BCUT2D eigenvalue weighted by atomic mass is 10.2. The first kappa shape index (κ1) is 21.9. The van der Waals surface area contributed by atoms with Crippen LogP contribution < -0.4 is 16.0 Å². The highest BCUT2D eigenvalue weighted by Crippen LogP contribution is 2.18. The molecule has 1 saturated heterocycles. The Kier molecular flexibility index (Phi) is 8.77. The number of aromatic nitrogens is 1. The molecule has 2 aromatic rings. The van der Waals surface area contributed by atoms with Gasteiger partial charge in [0.15, 0.2) is 11.1 Å². The number of anilines is 1. The van der Waals surface area contributed by atoms with Gasteiger partial charge >= 0.3 is 0 Å². The van der Waals surface area contributed by atoms with Crippen molar-refractivity contribution >= 4 is 68.2 Å². The van der Waals surface area contributed by atoms with Crippen LogP contribution in [0.25, 0.3) is 0 Å². The molecule has 1 aliphatic rings. The minimum absolute atomic E-state index is 0. The molecule has 3 N–H and O–H groups in total. The molecule has 1 aromatic carbocycles. The fourth-order valence-corrected chi connectivity index (χ4v) is 3.77. The van der Waals surface area contributed by atoms with Gasteiger partial charge in [0.25, 0.3) is 5.91 Å². The molecule has 7 nitrogen and oxygen atoms in total. The Hall–Kier alpha value is -1.40. The molecule has 0 radical (unpaired) electrons. The molecule has 1 fully saturated rings. The number of hydrogen-bond acceptors (Lipinski definition) is 5. The van der Waals surface area contributed by atoms with Crippen molar-refractivity contribution in [1.29, 1.82) is 0 Å². The maximum atomic E-state index is 12.1. The number of guanidine groups is 1. The van der Waals surface area contributed by atoms with Crippen LogP contribution >= 0.6 is 51.2 Å². The van der Waals surface area contributed by atoms with E-state index in [1.807, 2.05) is 23.7 Å². The van der Waals surface area contributed by atoms with E-state index < -0.39 is 0 Å². The molecule has 1 aromatic heterocycles. The molecule has 0 aliphatic carbocycles. The van der Waals surface area contributed by atoms with E-state index in [1.165, 1.54) is 0 Å². The van der Waals surface area contributed by atoms with Crippen molar-refractivity contribution in [2.45, 2.75) is 0 Å². The van der Waals surface area contributed by atoms with Crippen LogP contribution in [-0.4, -0.2) is 61.0 Å². The third kappa shape index (κ3) is 6.32. The zero-order valence-corrected chi connectivity index (χ0v) is 19.4. The fraction of sp³-hybridized carbons (Fsp3) is 0.353. The van der Waals surface area contributed by atoms with Crippen molar-refractivity contribution in [2.75, 3.05) is 44.2 Å². The number of nitrogens with zero attached hydrogens (tertiary/aromatic N) is 4. The largest absolute Gasteiger partial charge is 0.370 e. The van der Waals surface area contributed by atoms with Gasteiger partial charge < -0.3 is 20.9 Å². The first-order chi connectivity index (χ1) is 12.6. The number of amides is 1. The number of carbonyl (C=O) groups is 1. The monoisotopic (exact) mass is 564 g/mol. The minimum Gasteiger partial charge on any atom is -0.370 e. The van der Waals surface area contributed by atoms with Crippen molar-refractivity contribution in [1.82, 2.24) is 15.2 Å². The van der Waals surface area contributed by atoms with Crippen LogP contribution in [0.2, 0.25) is 0 Å². The van der Waals surface area contributed by atoms with Gasteiger partial charge in [-0.3, -0.25) is 9.79 Å². The number of hydrogen-bond donors (Lipinski definition) is 2. The van der Waals surface area contributed by atoms with Crippen LogP contribution in [0.15, 0.2) is 45.3 Å². The zero-order chi connectivity index (χ0) is 18.4. The summed E-state index contributed by atoms with van der Waals surface area (Å²) in [6.07, 6.45) is 1.82. The molecule has 10 heteroatoms. The zero-order valence-electron chi connectivity index (χ0n) is 14.7. The molecule has 27 heavy (non-hydrogen) atoms. The predicted molar refractivity (Wildman–Crippen MR) is 124 cm³/mol. The van der Waals surface area contributed by atoms with E-state index in [-0.39, 0.29) is 29.9 Å². The summed E-state index contributed by atoms with van der Waals surface area (Å²) in [6, 6.07) is 7.28. The van der Waals surface area contributed by atoms with Gasteiger partial charge in [0.2, 0.25) is 0 Å². The van der Waals surface area contributed by atoms with Crippen LogP contribution in [0.5, 0.6) is 0 Å². The van der Waals surface area contributed by atoms with E-state index in [0.717, 1.165) is 35.8 Å². The number of carbonyl (C=O) groups excluding carboxylic acids is 1. The highest BCUT2D eigenvalue weighted by Gasteiger charge is 2.19. The standard InChI is InChI=1S/C17H21BrN6OS.HI/c18-14-3-1-2-13(12-14)15(25)20-4-5-21-16(19)23-7-9-24(10-8-23)17-22-6-11-26-17;/h1-3,6,11-12H,4-5,7-10H2,(H2,19,21)(H,20,25);1H. The molecule has 0 spiro atoms. The normalized spacial score (nSPS) is 14.6. The second-order valence-corrected chi connectivity index (χ2v) is 7.58. The van der Waals surface area contributed by atoms with Crippen molar-refractivity contribution < 1.29 is 4.79 Å². The van der Waals surface area contributed by atoms with Crippen molar-refractivity contribution in [3.63, 3.8) is 0 Å². The number of thiazole rings is 1. The number of benzene rings is 1. The number of nitrogens with one attached hydrogen (secondary N) is 1. The summed E-state index contributed by atoms with van der Waals surface area (Å²) in [7, 11) is 0. The van der Waals surface area contributed by atoms with Gasteiger partial charge in [-0.25, -0.2) is 4.98 Å². The summed E-state index contributed by atoms with van der Waals surface area (Å²) in [5.74, 6) is 0.414. The van der Waals surface area contributed by atoms with Crippen LogP contribution in [0, 0.1) is 0 Å². The first-order valence-electron chi connectivity index (χ1n) is 8.36. The molecular formula is C17H22BrIN6OS. The molecule has 0 saturated carbocycles. The maximum Gasteiger partial charge on any atom is 0.251 e. The average molecular weight is 565 g/mol. The number of aliphatic imine (C=N–C) groups is 1. The molecular weight excluding hydrogens is 543 g/mol. The Morgan fingerprint density at radius 2 is 2.11 bits per heavy atom. The second kappa shape index (κ2) is 10.8.